The first kappa shape index (κ1) is 15.2. The Hall–Kier alpha value is -2.16. The van der Waals surface area contributed by atoms with E-state index in [9.17, 15) is 14.0 Å². The Morgan fingerprint density at radius 3 is 2.86 bits per heavy atom. The van der Waals surface area contributed by atoms with E-state index in [2.05, 4.69) is 20.3 Å². The first-order valence-electron chi connectivity index (χ1n) is 6.48. The third-order valence-electron chi connectivity index (χ3n) is 3.17. The van der Waals surface area contributed by atoms with Gasteiger partial charge in [-0.1, -0.05) is 5.16 Å². The van der Waals surface area contributed by atoms with E-state index in [1.807, 2.05) is 0 Å². The van der Waals surface area contributed by atoms with Crippen LogP contribution < -0.4 is 10.6 Å². The Morgan fingerprint density at radius 1 is 1.52 bits per heavy atom. The largest absolute Gasteiger partial charge is 0.476 e. The van der Waals surface area contributed by atoms with Crippen LogP contribution in [0.25, 0.3) is 0 Å². The molecule has 0 aliphatic carbocycles. The molecule has 1 aliphatic rings. The molecule has 1 aromatic heterocycles. The van der Waals surface area contributed by atoms with Gasteiger partial charge in [-0.2, -0.15) is 0 Å². The molecule has 0 spiro atoms. The highest BCUT2D eigenvalue weighted by atomic mass is 19.1. The number of aromatic carboxylic acids is 1. The number of carbonyl (C=O) groups excluding carboxylic acids is 1. The number of nitrogens with one attached hydrogen (secondary N) is 2. The first-order chi connectivity index (χ1) is 9.98. The molecule has 0 atom stereocenters. The summed E-state index contributed by atoms with van der Waals surface area (Å²) < 4.78 is 23.7. The molecule has 1 saturated heterocycles. The van der Waals surface area contributed by atoms with Crippen molar-refractivity contribution in [1.29, 1.82) is 0 Å². The Labute approximate surface area is 119 Å². The second-order valence-electron chi connectivity index (χ2n) is 4.81. The summed E-state index contributed by atoms with van der Waals surface area (Å²) in [5.74, 6) is -1.14. The van der Waals surface area contributed by atoms with Gasteiger partial charge < -0.3 is 25.0 Å². The number of halogens is 1. The fraction of sp³-hybridized carbons (Fsp3) is 0.583. The lowest BCUT2D eigenvalue weighted by Gasteiger charge is -2.29. The number of piperidine rings is 1. The number of alkyl carbamates (subject to hydrolysis) is 1. The second-order valence-corrected chi connectivity index (χ2v) is 4.81. The smallest absolute Gasteiger partial charge is 0.407 e. The van der Waals surface area contributed by atoms with Crippen LogP contribution in [0.3, 0.4) is 0 Å². The van der Waals surface area contributed by atoms with Gasteiger partial charge in [0, 0.05) is 6.07 Å². The first-order valence-corrected chi connectivity index (χ1v) is 6.48. The summed E-state index contributed by atoms with van der Waals surface area (Å²) >= 11 is 0. The molecule has 21 heavy (non-hydrogen) atoms. The second kappa shape index (κ2) is 6.53. The van der Waals surface area contributed by atoms with E-state index in [0.717, 1.165) is 6.07 Å². The molecule has 0 bridgehead atoms. The van der Waals surface area contributed by atoms with Crippen molar-refractivity contribution in [3.05, 3.63) is 17.5 Å². The van der Waals surface area contributed by atoms with E-state index < -0.39 is 17.7 Å². The van der Waals surface area contributed by atoms with Crippen LogP contribution in [0, 0.1) is 0 Å². The van der Waals surface area contributed by atoms with Gasteiger partial charge in [0.25, 0.3) is 0 Å². The van der Waals surface area contributed by atoms with Crippen LogP contribution >= 0.6 is 0 Å². The number of carboxylic acids is 1. The molecule has 1 aliphatic heterocycles. The predicted molar refractivity (Wildman–Crippen MR) is 67.6 cm³/mol. The van der Waals surface area contributed by atoms with Crippen molar-refractivity contribution in [1.82, 2.24) is 15.8 Å². The minimum atomic E-state index is -1.42. The van der Waals surface area contributed by atoms with Crippen molar-refractivity contribution < 1.29 is 28.3 Å². The molecule has 1 aromatic rings. The van der Waals surface area contributed by atoms with E-state index in [-0.39, 0.29) is 24.6 Å². The standard InChI is InChI=1S/C12H16FN3O5/c13-12(1-3-14-4-2-12)7-15-11(19)20-6-8-5-9(10(17)18)16-21-8/h5,14H,1-4,6-7H2,(H,15,19)(H,17,18). The maximum absolute atomic E-state index is 14.2. The molecule has 0 radical (unpaired) electrons. The number of carboxylic acid groups (broad SMARTS) is 1. The molecule has 3 N–H and O–H groups in total. The number of carbonyl (C=O) groups is 2. The maximum atomic E-state index is 14.2. The summed E-state index contributed by atoms with van der Waals surface area (Å²) in [5, 5.41) is 17.3. The molecule has 2 heterocycles. The predicted octanol–water partition coefficient (Wildman–Crippen LogP) is 0.691. The molecule has 0 aromatic carbocycles. The van der Waals surface area contributed by atoms with Gasteiger partial charge in [-0.05, 0) is 25.9 Å². The van der Waals surface area contributed by atoms with Gasteiger partial charge in [-0.3, -0.25) is 0 Å². The zero-order valence-electron chi connectivity index (χ0n) is 11.2. The van der Waals surface area contributed by atoms with Crippen LogP contribution in [0.5, 0.6) is 0 Å². The summed E-state index contributed by atoms with van der Waals surface area (Å²) in [5.41, 5.74) is -1.70. The molecular weight excluding hydrogens is 285 g/mol. The quantitative estimate of drug-likeness (QED) is 0.733. The zero-order chi connectivity index (χ0) is 15.3. The highest BCUT2D eigenvalue weighted by Crippen LogP contribution is 2.21. The van der Waals surface area contributed by atoms with Gasteiger partial charge in [0.1, 0.15) is 5.67 Å². The number of ether oxygens (including phenoxy) is 1. The van der Waals surface area contributed by atoms with Crippen LogP contribution in [0.15, 0.2) is 10.6 Å². The number of alkyl halides is 1. The summed E-state index contributed by atoms with van der Waals surface area (Å²) in [6.45, 7) is 0.754. The van der Waals surface area contributed by atoms with Crippen molar-refractivity contribution in [2.45, 2.75) is 25.1 Å². The number of amides is 1. The van der Waals surface area contributed by atoms with Crippen molar-refractivity contribution in [3.8, 4) is 0 Å². The van der Waals surface area contributed by atoms with E-state index in [1.54, 1.807) is 0 Å². The van der Waals surface area contributed by atoms with Gasteiger partial charge in [-0.25, -0.2) is 14.0 Å². The Kier molecular flexibility index (Phi) is 4.73. The van der Waals surface area contributed by atoms with Crippen LogP contribution in [-0.2, 0) is 11.3 Å². The topological polar surface area (TPSA) is 114 Å². The van der Waals surface area contributed by atoms with E-state index >= 15 is 0 Å². The average Bonchev–Trinajstić information content (AvgIpc) is 2.93. The van der Waals surface area contributed by atoms with Gasteiger partial charge in [-0.15, -0.1) is 0 Å². The lowest BCUT2D eigenvalue weighted by Crippen LogP contribution is -2.46. The number of hydrogen-bond donors (Lipinski definition) is 3. The van der Waals surface area contributed by atoms with Crippen molar-refractivity contribution >= 4 is 12.1 Å². The number of hydrogen-bond acceptors (Lipinski definition) is 6. The Morgan fingerprint density at radius 2 is 2.24 bits per heavy atom. The fourth-order valence-corrected chi connectivity index (χ4v) is 1.95. The molecule has 9 heteroatoms. The Bertz CT molecular complexity index is 513. The third kappa shape index (κ3) is 4.42. The molecular formula is C12H16FN3O5. The monoisotopic (exact) mass is 301 g/mol. The normalized spacial score (nSPS) is 17.2. The summed E-state index contributed by atoms with van der Waals surface area (Å²) in [4.78, 5) is 22.0. The molecule has 0 saturated carbocycles. The number of aromatic nitrogens is 1. The van der Waals surface area contributed by atoms with Gasteiger partial charge in [0.15, 0.2) is 18.1 Å². The average molecular weight is 301 g/mol. The number of rotatable bonds is 5. The van der Waals surface area contributed by atoms with E-state index in [4.69, 9.17) is 9.84 Å². The summed E-state index contributed by atoms with van der Waals surface area (Å²) in [6.07, 6.45) is -0.131. The van der Waals surface area contributed by atoms with Gasteiger partial charge >= 0.3 is 12.1 Å². The highest BCUT2D eigenvalue weighted by molar-refractivity contribution is 5.85. The molecule has 8 nitrogen and oxygen atoms in total. The fourth-order valence-electron chi connectivity index (χ4n) is 1.95. The highest BCUT2D eigenvalue weighted by Gasteiger charge is 2.32. The van der Waals surface area contributed by atoms with Gasteiger partial charge in [0.2, 0.25) is 0 Å². The van der Waals surface area contributed by atoms with Crippen molar-refractivity contribution in [2.75, 3.05) is 19.6 Å². The van der Waals surface area contributed by atoms with Crippen LogP contribution in [0.4, 0.5) is 9.18 Å². The van der Waals surface area contributed by atoms with Crippen LogP contribution in [0.1, 0.15) is 29.1 Å². The van der Waals surface area contributed by atoms with Crippen molar-refractivity contribution in [3.63, 3.8) is 0 Å². The van der Waals surface area contributed by atoms with Gasteiger partial charge in [0.05, 0.1) is 6.54 Å². The SMILES string of the molecule is O=C(NCC1(F)CCNCC1)OCc1cc(C(=O)O)no1. The van der Waals surface area contributed by atoms with Crippen molar-refractivity contribution in [2.24, 2.45) is 0 Å². The van der Waals surface area contributed by atoms with E-state index in [1.165, 1.54) is 0 Å². The lowest BCUT2D eigenvalue weighted by molar-refractivity contribution is 0.0684. The molecule has 116 valence electrons. The minimum Gasteiger partial charge on any atom is -0.476 e. The Balaban J connectivity index is 1.72. The maximum Gasteiger partial charge on any atom is 0.407 e. The zero-order valence-corrected chi connectivity index (χ0v) is 11.2. The summed E-state index contributed by atoms with van der Waals surface area (Å²) in [6, 6.07) is 1.15. The third-order valence-corrected chi connectivity index (χ3v) is 3.17. The minimum absolute atomic E-state index is 0.0966. The summed E-state index contributed by atoms with van der Waals surface area (Å²) in [7, 11) is 0. The molecule has 2 rings (SSSR count). The molecule has 1 fully saturated rings. The van der Waals surface area contributed by atoms with Crippen LogP contribution in [-0.4, -0.2) is 47.6 Å². The lowest BCUT2D eigenvalue weighted by atomic mass is 9.94. The van der Waals surface area contributed by atoms with Crippen LogP contribution in [0.2, 0.25) is 0 Å². The number of nitrogens with zero attached hydrogens (tertiary/aromatic N) is 1. The van der Waals surface area contributed by atoms with E-state index in [0.29, 0.717) is 25.9 Å². The molecule has 0 unspecified atom stereocenters. The molecule has 1 amide bonds.